The van der Waals surface area contributed by atoms with Crippen molar-refractivity contribution in [1.29, 1.82) is 0 Å². The Labute approximate surface area is 140 Å². The van der Waals surface area contributed by atoms with Gasteiger partial charge in [-0.3, -0.25) is 0 Å². The van der Waals surface area contributed by atoms with Crippen molar-refractivity contribution >= 4 is 35.0 Å². The molecule has 3 rings (SSSR count). The Morgan fingerprint density at radius 1 is 1.05 bits per heavy atom. The molecule has 1 aliphatic heterocycles. The van der Waals surface area contributed by atoms with E-state index in [-0.39, 0.29) is 0 Å². The van der Waals surface area contributed by atoms with Crippen LogP contribution < -0.4 is 5.32 Å². The SMILES string of the molecule is Clc1ccc(CCNC2CCSc3ccc(Cl)cc32)cc1. The third kappa shape index (κ3) is 3.95. The van der Waals surface area contributed by atoms with Gasteiger partial charge in [0, 0.05) is 21.0 Å². The number of hydrogen-bond acceptors (Lipinski definition) is 2. The predicted molar refractivity (Wildman–Crippen MR) is 92.7 cm³/mol. The molecule has 0 spiro atoms. The molecule has 0 fully saturated rings. The van der Waals surface area contributed by atoms with E-state index in [0.717, 1.165) is 35.2 Å². The van der Waals surface area contributed by atoms with Crippen LogP contribution in [-0.2, 0) is 6.42 Å². The van der Waals surface area contributed by atoms with Gasteiger partial charge in [-0.05, 0) is 66.6 Å². The molecule has 0 amide bonds. The van der Waals surface area contributed by atoms with E-state index in [0.29, 0.717) is 6.04 Å². The highest BCUT2D eigenvalue weighted by Crippen LogP contribution is 2.37. The Balaban J connectivity index is 1.61. The number of rotatable bonds is 4. The highest BCUT2D eigenvalue weighted by atomic mass is 35.5. The van der Waals surface area contributed by atoms with Crippen LogP contribution in [0.15, 0.2) is 47.4 Å². The van der Waals surface area contributed by atoms with E-state index in [1.165, 1.54) is 16.0 Å². The Hall–Kier alpha value is -0.670. The van der Waals surface area contributed by atoms with Crippen molar-refractivity contribution in [2.24, 2.45) is 0 Å². The fourth-order valence-corrected chi connectivity index (χ4v) is 4.03. The fraction of sp³-hybridized carbons (Fsp3) is 0.294. The van der Waals surface area contributed by atoms with E-state index >= 15 is 0 Å². The van der Waals surface area contributed by atoms with Gasteiger partial charge in [0.05, 0.1) is 0 Å². The second-order valence-electron chi connectivity index (χ2n) is 5.20. The lowest BCUT2D eigenvalue weighted by Crippen LogP contribution is -2.26. The van der Waals surface area contributed by atoms with Gasteiger partial charge >= 0.3 is 0 Å². The maximum absolute atomic E-state index is 6.14. The summed E-state index contributed by atoms with van der Waals surface area (Å²) in [7, 11) is 0. The summed E-state index contributed by atoms with van der Waals surface area (Å²) in [6, 6.07) is 14.7. The van der Waals surface area contributed by atoms with Crippen LogP contribution in [0.1, 0.15) is 23.6 Å². The van der Waals surface area contributed by atoms with Gasteiger partial charge in [0.2, 0.25) is 0 Å². The smallest absolute Gasteiger partial charge is 0.0410 e. The summed E-state index contributed by atoms with van der Waals surface area (Å²) in [4.78, 5) is 1.36. The second-order valence-corrected chi connectivity index (χ2v) is 7.21. The first-order valence-corrected chi connectivity index (χ1v) is 8.86. The number of benzene rings is 2. The van der Waals surface area contributed by atoms with Crippen molar-refractivity contribution in [3.05, 3.63) is 63.6 Å². The predicted octanol–water partition coefficient (Wildman–Crippen LogP) is 5.36. The van der Waals surface area contributed by atoms with Crippen LogP contribution in [-0.4, -0.2) is 12.3 Å². The van der Waals surface area contributed by atoms with Crippen LogP contribution >= 0.6 is 35.0 Å². The third-order valence-corrected chi connectivity index (χ3v) is 5.34. The molecule has 0 aliphatic carbocycles. The van der Waals surface area contributed by atoms with Crippen LogP contribution in [0.5, 0.6) is 0 Å². The van der Waals surface area contributed by atoms with Crippen molar-refractivity contribution < 1.29 is 0 Å². The highest BCUT2D eigenvalue weighted by molar-refractivity contribution is 7.99. The van der Waals surface area contributed by atoms with Gasteiger partial charge in [-0.25, -0.2) is 0 Å². The van der Waals surface area contributed by atoms with Crippen LogP contribution in [0, 0.1) is 0 Å². The summed E-state index contributed by atoms with van der Waals surface area (Å²) in [6.45, 7) is 0.961. The molecule has 2 aromatic carbocycles. The standard InChI is InChI=1S/C17H17Cl2NS/c18-13-3-1-12(2-4-13)7-9-20-16-8-10-21-17-6-5-14(19)11-15(16)17/h1-6,11,16,20H,7-10H2. The van der Waals surface area contributed by atoms with Crippen molar-refractivity contribution in [1.82, 2.24) is 5.32 Å². The Morgan fingerprint density at radius 3 is 2.62 bits per heavy atom. The molecular formula is C17H17Cl2NS. The van der Waals surface area contributed by atoms with Crippen molar-refractivity contribution in [3.8, 4) is 0 Å². The zero-order valence-corrected chi connectivity index (χ0v) is 13.9. The summed E-state index contributed by atoms with van der Waals surface area (Å²) < 4.78 is 0. The minimum atomic E-state index is 0.409. The second kappa shape index (κ2) is 7.06. The summed E-state index contributed by atoms with van der Waals surface area (Å²) in [5.74, 6) is 1.16. The topological polar surface area (TPSA) is 12.0 Å². The van der Waals surface area contributed by atoms with Gasteiger partial charge in [0.25, 0.3) is 0 Å². The molecule has 1 nitrogen and oxygen atoms in total. The van der Waals surface area contributed by atoms with Crippen LogP contribution in [0.3, 0.4) is 0 Å². The molecule has 1 atom stereocenters. The summed E-state index contributed by atoms with van der Waals surface area (Å²) in [5.41, 5.74) is 2.65. The average Bonchev–Trinajstić information content (AvgIpc) is 2.50. The van der Waals surface area contributed by atoms with E-state index < -0.39 is 0 Å². The summed E-state index contributed by atoms with van der Waals surface area (Å²) >= 11 is 14.0. The highest BCUT2D eigenvalue weighted by Gasteiger charge is 2.20. The van der Waals surface area contributed by atoms with Crippen LogP contribution in [0.25, 0.3) is 0 Å². The van der Waals surface area contributed by atoms with Crippen LogP contribution in [0.2, 0.25) is 10.0 Å². The Kier molecular flexibility index (Phi) is 5.12. The third-order valence-electron chi connectivity index (χ3n) is 3.73. The molecule has 1 aliphatic rings. The first-order chi connectivity index (χ1) is 10.2. The fourth-order valence-electron chi connectivity index (χ4n) is 2.62. The lowest BCUT2D eigenvalue weighted by atomic mass is 10.0. The maximum Gasteiger partial charge on any atom is 0.0410 e. The molecule has 1 N–H and O–H groups in total. The number of thioether (sulfide) groups is 1. The van der Waals surface area contributed by atoms with E-state index in [9.17, 15) is 0 Å². The van der Waals surface area contributed by atoms with Crippen molar-refractivity contribution in [2.75, 3.05) is 12.3 Å². The van der Waals surface area contributed by atoms with Gasteiger partial charge in [-0.15, -0.1) is 11.8 Å². The molecule has 110 valence electrons. The lowest BCUT2D eigenvalue weighted by molar-refractivity contribution is 0.514. The lowest BCUT2D eigenvalue weighted by Gasteiger charge is -2.26. The molecule has 1 heterocycles. The quantitative estimate of drug-likeness (QED) is 0.805. The van der Waals surface area contributed by atoms with Crippen LogP contribution in [0.4, 0.5) is 0 Å². The van der Waals surface area contributed by atoms with Crippen molar-refractivity contribution in [2.45, 2.75) is 23.8 Å². The molecule has 21 heavy (non-hydrogen) atoms. The number of fused-ring (bicyclic) bond motifs is 1. The van der Waals surface area contributed by atoms with Gasteiger partial charge < -0.3 is 5.32 Å². The minimum Gasteiger partial charge on any atom is -0.310 e. The molecule has 4 heteroatoms. The zero-order valence-electron chi connectivity index (χ0n) is 11.6. The average molecular weight is 338 g/mol. The zero-order chi connectivity index (χ0) is 14.7. The monoisotopic (exact) mass is 337 g/mol. The van der Waals surface area contributed by atoms with Gasteiger partial charge in [0.15, 0.2) is 0 Å². The first kappa shape index (κ1) is 15.2. The molecule has 0 saturated carbocycles. The van der Waals surface area contributed by atoms with E-state index in [1.807, 2.05) is 30.0 Å². The number of halogens is 2. The van der Waals surface area contributed by atoms with E-state index in [1.54, 1.807) is 0 Å². The Bertz CT molecular complexity index is 613. The van der Waals surface area contributed by atoms with Gasteiger partial charge in [-0.2, -0.15) is 0 Å². The summed E-state index contributed by atoms with van der Waals surface area (Å²) in [5, 5.41) is 5.27. The molecule has 0 saturated heterocycles. The molecule has 0 aromatic heterocycles. The van der Waals surface area contributed by atoms with Crippen molar-refractivity contribution in [3.63, 3.8) is 0 Å². The number of nitrogens with one attached hydrogen (secondary N) is 1. The molecule has 1 unspecified atom stereocenters. The normalized spacial score (nSPS) is 17.5. The number of hydrogen-bond donors (Lipinski definition) is 1. The van der Waals surface area contributed by atoms with Gasteiger partial charge in [-0.1, -0.05) is 35.3 Å². The Morgan fingerprint density at radius 2 is 1.81 bits per heavy atom. The minimum absolute atomic E-state index is 0.409. The van der Waals surface area contributed by atoms with E-state index in [2.05, 4.69) is 29.6 Å². The molecule has 0 bridgehead atoms. The van der Waals surface area contributed by atoms with Gasteiger partial charge in [0.1, 0.15) is 0 Å². The molecule has 0 radical (unpaired) electrons. The summed E-state index contributed by atoms with van der Waals surface area (Å²) in [6.07, 6.45) is 2.16. The largest absolute Gasteiger partial charge is 0.310 e. The molecular weight excluding hydrogens is 321 g/mol. The maximum atomic E-state index is 6.14. The first-order valence-electron chi connectivity index (χ1n) is 7.12. The molecule has 2 aromatic rings. The van der Waals surface area contributed by atoms with E-state index in [4.69, 9.17) is 23.2 Å².